The van der Waals surface area contributed by atoms with Gasteiger partial charge in [0.05, 0.1) is 17.3 Å². The van der Waals surface area contributed by atoms with Gasteiger partial charge < -0.3 is 11.1 Å². The number of hydrogen-bond acceptors (Lipinski definition) is 3. The molecule has 17 heavy (non-hydrogen) atoms. The SMILES string of the molecule is NC(=O)CNC(=O)CSc1cc(Cl)ccc1Cl. The maximum absolute atomic E-state index is 11.3. The molecular formula is C10H10Cl2N2O2S. The Kier molecular flexibility index (Phi) is 5.61. The Labute approximate surface area is 113 Å². The van der Waals surface area contributed by atoms with Crippen molar-refractivity contribution in [3.63, 3.8) is 0 Å². The van der Waals surface area contributed by atoms with Gasteiger partial charge in [0.25, 0.3) is 0 Å². The number of carbonyl (C=O) groups excluding carboxylic acids is 2. The first-order chi connectivity index (χ1) is 7.99. The fraction of sp³-hybridized carbons (Fsp3) is 0.200. The summed E-state index contributed by atoms with van der Waals surface area (Å²) in [5.74, 6) is -0.721. The molecule has 0 radical (unpaired) electrons. The summed E-state index contributed by atoms with van der Waals surface area (Å²) in [6, 6.07) is 5.00. The normalized spacial score (nSPS) is 10.0. The van der Waals surface area contributed by atoms with Gasteiger partial charge in [0.15, 0.2) is 0 Å². The molecule has 2 amide bonds. The van der Waals surface area contributed by atoms with Crippen molar-refractivity contribution >= 4 is 46.8 Å². The van der Waals surface area contributed by atoms with E-state index in [0.29, 0.717) is 14.9 Å². The highest BCUT2D eigenvalue weighted by Crippen LogP contribution is 2.29. The van der Waals surface area contributed by atoms with Crippen molar-refractivity contribution in [2.45, 2.75) is 4.90 Å². The first-order valence-corrected chi connectivity index (χ1v) is 6.36. The van der Waals surface area contributed by atoms with Crippen LogP contribution < -0.4 is 11.1 Å². The van der Waals surface area contributed by atoms with Crippen molar-refractivity contribution in [1.29, 1.82) is 0 Å². The summed E-state index contributed by atoms with van der Waals surface area (Å²) >= 11 is 13.0. The van der Waals surface area contributed by atoms with Gasteiger partial charge >= 0.3 is 0 Å². The van der Waals surface area contributed by atoms with Gasteiger partial charge in [0, 0.05) is 9.92 Å². The third-order valence-electron chi connectivity index (χ3n) is 1.71. The molecule has 0 atom stereocenters. The number of hydrogen-bond donors (Lipinski definition) is 2. The number of nitrogens with one attached hydrogen (secondary N) is 1. The minimum Gasteiger partial charge on any atom is -0.368 e. The number of halogens is 2. The molecule has 1 aromatic rings. The molecule has 0 bridgehead atoms. The van der Waals surface area contributed by atoms with E-state index in [-0.39, 0.29) is 18.2 Å². The molecule has 0 saturated heterocycles. The van der Waals surface area contributed by atoms with Gasteiger partial charge in [-0.1, -0.05) is 23.2 Å². The van der Waals surface area contributed by atoms with E-state index < -0.39 is 5.91 Å². The Morgan fingerprint density at radius 2 is 2.06 bits per heavy atom. The molecule has 1 rings (SSSR count). The lowest BCUT2D eigenvalue weighted by atomic mass is 10.4. The standard InChI is InChI=1S/C10H10Cl2N2O2S/c11-6-1-2-7(12)8(3-6)17-5-10(16)14-4-9(13)15/h1-3H,4-5H2,(H2,13,15)(H,14,16). The maximum Gasteiger partial charge on any atom is 0.236 e. The van der Waals surface area contributed by atoms with Crippen LogP contribution in [0.1, 0.15) is 0 Å². The second-order valence-corrected chi connectivity index (χ2v) is 4.97. The zero-order valence-electron chi connectivity index (χ0n) is 8.70. The molecular weight excluding hydrogens is 283 g/mol. The van der Waals surface area contributed by atoms with Crippen molar-refractivity contribution < 1.29 is 9.59 Å². The van der Waals surface area contributed by atoms with Crippen molar-refractivity contribution in [1.82, 2.24) is 5.32 Å². The summed E-state index contributed by atoms with van der Waals surface area (Å²) in [7, 11) is 0. The lowest BCUT2D eigenvalue weighted by molar-refractivity contribution is -0.123. The van der Waals surface area contributed by atoms with Gasteiger partial charge in [-0.25, -0.2) is 0 Å². The minimum absolute atomic E-state index is 0.146. The molecule has 0 spiro atoms. The molecule has 0 aliphatic carbocycles. The van der Waals surface area contributed by atoms with Gasteiger partial charge in [-0.3, -0.25) is 9.59 Å². The van der Waals surface area contributed by atoms with Crippen LogP contribution in [0.15, 0.2) is 23.1 Å². The molecule has 1 aromatic carbocycles. The predicted molar refractivity (Wildman–Crippen MR) is 69.4 cm³/mol. The topological polar surface area (TPSA) is 72.2 Å². The second-order valence-electron chi connectivity index (χ2n) is 3.11. The second kappa shape index (κ2) is 6.74. The van der Waals surface area contributed by atoms with Crippen molar-refractivity contribution in [3.8, 4) is 0 Å². The van der Waals surface area contributed by atoms with E-state index in [0.717, 1.165) is 0 Å². The predicted octanol–water partition coefficient (Wildman–Crippen LogP) is 1.69. The molecule has 0 heterocycles. The molecule has 0 saturated carbocycles. The van der Waals surface area contributed by atoms with Crippen LogP contribution in [0.25, 0.3) is 0 Å². The highest BCUT2D eigenvalue weighted by Gasteiger charge is 2.07. The number of rotatable bonds is 5. The van der Waals surface area contributed by atoms with Crippen LogP contribution in [0.4, 0.5) is 0 Å². The third kappa shape index (κ3) is 5.30. The summed E-state index contributed by atoms with van der Waals surface area (Å²) in [5, 5.41) is 3.46. The number of carbonyl (C=O) groups is 2. The van der Waals surface area contributed by atoms with Gasteiger partial charge in [-0.15, -0.1) is 11.8 Å². The molecule has 3 N–H and O–H groups in total. The number of primary amides is 1. The van der Waals surface area contributed by atoms with Crippen molar-refractivity contribution in [2.75, 3.05) is 12.3 Å². The van der Waals surface area contributed by atoms with Crippen LogP contribution >= 0.6 is 35.0 Å². The van der Waals surface area contributed by atoms with E-state index in [1.54, 1.807) is 18.2 Å². The number of nitrogens with two attached hydrogens (primary N) is 1. The Bertz CT molecular complexity index is 440. The van der Waals surface area contributed by atoms with Crippen LogP contribution in [0, 0.1) is 0 Å². The molecule has 0 aromatic heterocycles. The summed E-state index contributed by atoms with van der Waals surface area (Å²) in [5.41, 5.74) is 4.89. The first kappa shape index (κ1) is 14.2. The molecule has 0 unspecified atom stereocenters. The fourth-order valence-electron chi connectivity index (χ4n) is 0.968. The van der Waals surface area contributed by atoms with Crippen LogP contribution in [-0.2, 0) is 9.59 Å². The van der Waals surface area contributed by atoms with Crippen LogP contribution in [0.2, 0.25) is 10.0 Å². The summed E-state index contributed by atoms with van der Waals surface area (Å²) in [6.07, 6.45) is 0. The van der Waals surface area contributed by atoms with E-state index >= 15 is 0 Å². The summed E-state index contributed by atoms with van der Waals surface area (Å²) in [4.78, 5) is 22.5. The Balaban J connectivity index is 2.47. The largest absolute Gasteiger partial charge is 0.368 e. The van der Waals surface area contributed by atoms with Crippen LogP contribution in [0.5, 0.6) is 0 Å². The molecule has 0 aliphatic rings. The molecule has 92 valence electrons. The van der Waals surface area contributed by atoms with Gasteiger partial charge in [-0.05, 0) is 18.2 Å². The first-order valence-electron chi connectivity index (χ1n) is 4.62. The number of thioether (sulfide) groups is 1. The van der Waals surface area contributed by atoms with E-state index in [1.807, 2.05) is 0 Å². The van der Waals surface area contributed by atoms with Gasteiger partial charge in [0.2, 0.25) is 11.8 Å². The van der Waals surface area contributed by atoms with Crippen LogP contribution in [0.3, 0.4) is 0 Å². The quantitative estimate of drug-likeness (QED) is 0.811. The zero-order valence-corrected chi connectivity index (χ0v) is 11.0. The lowest BCUT2D eigenvalue weighted by Crippen LogP contribution is -2.34. The molecule has 7 heteroatoms. The lowest BCUT2D eigenvalue weighted by Gasteiger charge is -2.05. The smallest absolute Gasteiger partial charge is 0.236 e. The summed E-state index contributed by atoms with van der Waals surface area (Å²) in [6.45, 7) is -0.164. The fourth-order valence-corrected chi connectivity index (χ4v) is 2.29. The maximum atomic E-state index is 11.3. The van der Waals surface area contributed by atoms with E-state index in [1.165, 1.54) is 11.8 Å². The van der Waals surface area contributed by atoms with Crippen LogP contribution in [-0.4, -0.2) is 24.1 Å². The highest BCUT2D eigenvalue weighted by molar-refractivity contribution is 8.00. The van der Waals surface area contributed by atoms with Crippen molar-refractivity contribution in [3.05, 3.63) is 28.2 Å². The monoisotopic (exact) mass is 292 g/mol. The Morgan fingerprint density at radius 1 is 1.35 bits per heavy atom. The van der Waals surface area contributed by atoms with E-state index in [9.17, 15) is 9.59 Å². The van der Waals surface area contributed by atoms with Gasteiger partial charge in [0.1, 0.15) is 0 Å². The van der Waals surface area contributed by atoms with Crippen molar-refractivity contribution in [2.24, 2.45) is 5.73 Å². The third-order valence-corrected chi connectivity index (χ3v) is 3.44. The minimum atomic E-state index is -0.580. The zero-order chi connectivity index (χ0) is 12.8. The molecule has 0 fully saturated rings. The molecule has 4 nitrogen and oxygen atoms in total. The average molecular weight is 293 g/mol. The number of amides is 2. The molecule has 0 aliphatic heterocycles. The van der Waals surface area contributed by atoms with E-state index in [4.69, 9.17) is 28.9 Å². The average Bonchev–Trinajstić information content (AvgIpc) is 2.27. The van der Waals surface area contributed by atoms with E-state index in [2.05, 4.69) is 5.32 Å². The highest BCUT2D eigenvalue weighted by atomic mass is 35.5. The summed E-state index contributed by atoms with van der Waals surface area (Å²) < 4.78 is 0. The van der Waals surface area contributed by atoms with Gasteiger partial charge in [-0.2, -0.15) is 0 Å². The number of benzene rings is 1. The Morgan fingerprint density at radius 3 is 2.71 bits per heavy atom. The Hall–Kier alpha value is -0.910.